The van der Waals surface area contributed by atoms with Gasteiger partial charge in [0.05, 0.1) is 6.54 Å². The van der Waals surface area contributed by atoms with Gasteiger partial charge in [0, 0.05) is 12.6 Å². The molecule has 7 nitrogen and oxygen atoms in total. The Balaban J connectivity index is 1.39. The quantitative estimate of drug-likeness (QED) is 0.737. The number of ether oxygens (including phenoxy) is 2. The van der Waals surface area contributed by atoms with Gasteiger partial charge in [0.2, 0.25) is 12.7 Å². The average molecular weight is 291 g/mol. The Kier molecular flexibility index (Phi) is 3.81. The van der Waals surface area contributed by atoms with Crippen molar-refractivity contribution in [2.45, 2.75) is 25.4 Å². The standard InChI is InChI=1S/C14H17N3O4/c18-13(7-16-14(19)17-10-2-3-10)15-6-9-1-4-11-12(5-9)21-8-20-11/h1,4-5,10H,2-3,6-8H2,(H,15,18)(H2,16,17,19). The van der Waals surface area contributed by atoms with Crippen LogP contribution in [0, 0.1) is 0 Å². The van der Waals surface area contributed by atoms with Gasteiger partial charge >= 0.3 is 6.03 Å². The predicted molar refractivity (Wildman–Crippen MR) is 74.0 cm³/mol. The molecule has 1 aromatic rings. The molecule has 0 aromatic heterocycles. The molecular formula is C14H17N3O4. The lowest BCUT2D eigenvalue weighted by Gasteiger charge is -2.08. The summed E-state index contributed by atoms with van der Waals surface area (Å²) >= 11 is 0. The largest absolute Gasteiger partial charge is 0.454 e. The molecule has 3 amide bonds. The van der Waals surface area contributed by atoms with Crippen LogP contribution in [0.25, 0.3) is 0 Å². The Bertz CT molecular complexity index is 557. The van der Waals surface area contributed by atoms with Crippen molar-refractivity contribution in [2.24, 2.45) is 0 Å². The Morgan fingerprint density at radius 2 is 1.95 bits per heavy atom. The van der Waals surface area contributed by atoms with Crippen molar-refractivity contribution in [3.05, 3.63) is 23.8 Å². The first-order chi connectivity index (χ1) is 10.2. The van der Waals surface area contributed by atoms with Crippen LogP contribution in [-0.2, 0) is 11.3 Å². The molecule has 0 bridgehead atoms. The monoisotopic (exact) mass is 291 g/mol. The van der Waals surface area contributed by atoms with Crippen molar-refractivity contribution in [2.75, 3.05) is 13.3 Å². The summed E-state index contributed by atoms with van der Waals surface area (Å²) in [4.78, 5) is 23.0. The lowest BCUT2D eigenvalue weighted by Crippen LogP contribution is -2.42. The van der Waals surface area contributed by atoms with Crippen LogP contribution >= 0.6 is 0 Å². The summed E-state index contributed by atoms with van der Waals surface area (Å²) in [6.07, 6.45) is 2.04. The van der Waals surface area contributed by atoms with Gasteiger partial charge in [0.25, 0.3) is 0 Å². The highest BCUT2D eigenvalue weighted by Gasteiger charge is 2.23. The van der Waals surface area contributed by atoms with E-state index in [9.17, 15) is 9.59 Å². The number of rotatable bonds is 5. The van der Waals surface area contributed by atoms with E-state index in [0.717, 1.165) is 18.4 Å². The maximum atomic E-state index is 11.6. The molecule has 1 aromatic carbocycles. The predicted octanol–water partition coefficient (Wildman–Crippen LogP) is 0.493. The number of amides is 3. The zero-order valence-electron chi connectivity index (χ0n) is 11.5. The smallest absolute Gasteiger partial charge is 0.315 e. The number of benzene rings is 1. The molecule has 1 saturated carbocycles. The Morgan fingerprint density at radius 1 is 1.14 bits per heavy atom. The van der Waals surface area contributed by atoms with Crippen molar-refractivity contribution in [3.63, 3.8) is 0 Å². The van der Waals surface area contributed by atoms with E-state index in [1.807, 2.05) is 18.2 Å². The zero-order chi connectivity index (χ0) is 14.7. The lowest BCUT2D eigenvalue weighted by atomic mass is 10.2. The molecule has 0 radical (unpaired) electrons. The van der Waals surface area contributed by atoms with Gasteiger partial charge in [-0.2, -0.15) is 0 Å². The molecule has 3 N–H and O–H groups in total. The average Bonchev–Trinajstić information content (AvgIpc) is 3.16. The minimum atomic E-state index is -0.296. The third-order valence-electron chi connectivity index (χ3n) is 3.25. The maximum Gasteiger partial charge on any atom is 0.315 e. The van der Waals surface area contributed by atoms with E-state index >= 15 is 0 Å². The molecule has 21 heavy (non-hydrogen) atoms. The molecular weight excluding hydrogens is 274 g/mol. The molecule has 1 aliphatic heterocycles. The fourth-order valence-corrected chi connectivity index (χ4v) is 1.94. The summed E-state index contributed by atoms with van der Waals surface area (Å²) in [5.74, 6) is 1.16. The summed E-state index contributed by atoms with van der Waals surface area (Å²) in [7, 11) is 0. The first-order valence-corrected chi connectivity index (χ1v) is 6.90. The van der Waals surface area contributed by atoms with Crippen molar-refractivity contribution >= 4 is 11.9 Å². The Labute approximate surface area is 122 Å². The topological polar surface area (TPSA) is 88.7 Å². The first kappa shape index (κ1) is 13.5. The van der Waals surface area contributed by atoms with Crippen molar-refractivity contribution in [1.29, 1.82) is 0 Å². The SMILES string of the molecule is O=C(CNC(=O)NC1CC1)NCc1ccc2c(c1)OCO2. The number of hydrogen-bond acceptors (Lipinski definition) is 4. The highest BCUT2D eigenvalue weighted by Crippen LogP contribution is 2.32. The van der Waals surface area contributed by atoms with E-state index < -0.39 is 0 Å². The van der Waals surface area contributed by atoms with Gasteiger partial charge in [-0.15, -0.1) is 0 Å². The van der Waals surface area contributed by atoms with Gasteiger partial charge in [-0.3, -0.25) is 4.79 Å². The van der Waals surface area contributed by atoms with Gasteiger partial charge in [0.15, 0.2) is 11.5 Å². The van der Waals surface area contributed by atoms with E-state index in [1.54, 1.807) is 0 Å². The second-order valence-corrected chi connectivity index (χ2v) is 5.07. The van der Waals surface area contributed by atoms with E-state index in [4.69, 9.17) is 9.47 Å². The summed E-state index contributed by atoms with van der Waals surface area (Å²) in [6.45, 7) is 0.565. The number of fused-ring (bicyclic) bond motifs is 1. The molecule has 0 spiro atoms. The van der Waals surface area contributed by atoms with Gasteiger partial charge in [0.1, 0.15) is 0 Å². The van der Waals surface area contributed by atoms with Crippen LogP contribution in [0.3, 0.4) is 0 Å². The number of hydrogen-bond donors (Lipinski definition) is 3. The van der Waals surface area contributed by atoms with E-state index in [1.165, 1.54) is 0 Å². The molecule has 0 atom stereocenters. The number of nitrogens with one attached hydrogen (secondary N) is 3. The molecule has 1 heterocycles. The molecule has 112 valence electrons. The summed E-state index contributed by atoms with van der Waals surface area (Å²) in [6, 6.07) is 5.49. The molecule has 1 fully saturated rings. The molecule has 2 aliphatic rings. The van der Waals surface area contributed by atoms with Crippen LogP contribution < -0.4 is 25.4 Å². The Morgan fingerprint density at radius 3 is 2.76 bits per heavy atom. The molecule has 3 rings (SSSR count). The van der Waals surface area contributed by atoms with Crippen molar-refractivity contribution < 1.29 is 19.1 Å². The minimum Gasteiger partial charge on any atom is -0.454 e. The Hall–Kier alpha value is -2.44. The second-order valence-electron chi connectivity index (χ2n) is 5.07. The summed E-state index contributed by atoms with van der Waals surface area (Å²) in [5, 5.41) is 8.01. The maximum absolute atomic E-state index is 11.6. The molecule has 0 unspecified atom stereocenters. The third kappa shape index (κ3) is 3.77. The van der Waals surface area contributed by atoms with E-state index in [-0.39, 0.29) is 31.3 Å². The van der Waals surface area contributed by atoms with Gasteiger partial charge in [-0.25, -0.2) is 4.79 Å². The highest BCUT2D eigenvalue weighted by molar-refractivity contribution is 5.84. The number of carbonyl (C=O) groups is 2. The normalized spacial score (nSPS) is 15.4. The third-order valence-corrected chi connectivity index (χ3v) is 3.25. The lowest BCUT2D eigenvalue weighted by molar-refractivity contribution is -0.120. The van der Waals surface area contributed by atoms with E-state index in [0.29, 0.717) is 18.0 Å². The summed E-state index contributed by atoms with van der Waals surface area (Å²) in [5.41, 5.74) is 0.912. The fourth-order valence-electron chi connectivity index (χ4n) is 1.94. The van der Waals surface area contributed by atoms with Gasteiger partial charge in [-0.05, 0) is 30.5 Å². The molecule has 1 aliphatic carbocycles. The fraction of sp³-hybridized carbons (Fsp3) is 0.429. The van der Waals surface area contributed by atoms with Crippen LogP contribution in [0.4, 0.5) is 4.79 Å². The van der Waals surface area contributed by atoms with Gasteiger partial charge < -0.3 is 25.4 Å². The van der Waals surface area contributed by atoms with Crippen molar-refractivity contribution in [1.82, 2.24) is 16.0 Å². The molecule has 7 heteroatoms. The van der Waals surface area contributed by atoms with Crippen LogP contribution in [0.1, 0.15) is 18.4 Å². The van der Waals surface area contributed by atoms with Crippen LogP contribution in [-0.4, -0.2) is 31.3 Å². The van der Waals surface area contributed by atoms with Crippen LogP contribution in [0.2, 0.25) is 0 Å². The zero-order valence-corrected chi connectivity index (χ0v) is 11.5. The van der Waals surface area contributed by atoms with E-state index in [2.05, 4.69) is 16.0 Å². The van der Waals surface area contributed by atoms with Crippen LogP contribution in [0.5, 0.6) is 11.5 Å². The first-order valence-electron chi connectivity index (χ1n) is 6.90. The van der Waals surface area contributed by atoms with Gasteiger partial charge in [-0.1, -0.05) is 6.07 Å². The minimum absolute atomic E-state index is 0.0386. The number of urea groups is 1. The second kappa shape index (κ2) is 5.90. The summed E-state index contributed by atoms with van der Waals surface area (Å²) < 4.78 is 10.5. The van der Waals surface area contributed by atoms with Crippen molar-refractivity contribution in [3.8, 4) is 11.5 Å². The van der Waals surface area contributed by atoms with Crippen LogP contribution in [0.15, 0.2) is 18.2 Å². The molecule has 0 saturated heterocycles. The number of carbonyl (C=O) groups excluding carboxylic acids is 2. The highest BCUT2D eigenvalue weighted by atomic mass is 16.7.